The minimum Gasteiger partial charge on any atom is -0.315 e. The number of nitrogens with one attached hydrogen (secondary N) is 1. The van der Waals surface area contributed by atoms with Crippen LogP contribution in [0.5, 0.6) is 0 Å². The molecule has 0 radical (unpaired) electrons. The highest BCUT2D eigenvalue weighted by Crippen LogP contribution is 2.11. The van der Waals surface area contributed by atoms with Crippen molar-refractivity contribution in [2.24, 2.45) is 0 Å². The van der Waals surface area contributed by atoms with Crippen LogP contribution >= 0.6 is 0 Å². The van der Waals surface area contributed by atoms with Gasteiger partial charge in [-0.05, 0) is 6.92 Å². The molecule has 2 rings (SSSR count). The van der Waals surface area contributed by atoms with Gasteiger partial charge in [0.05, 0.1) is 13.1 Å². The summed E-state index contributed by atoms with van der Waals surface area (Å²) in [4.78, 5) is 2.40. The first-order valence-electron chi connectivity index (χ1n) is 5.56. The molecular formula is C11H17N5. The van der Waals surface area contributed by atoms with Crippen molar-refractivity contribution < 1.29 is 0 Å². The van der Waals surface area contributed by atoms with Gasteiger partial charge in [0.15, 0.2) is 0 Å². The molecule has 1 aromatic rings. The van der Waals surface area contributed by atoms with Crippen molar-refractivity contribution in [3.05, 3.63) is 12.2 Å². The zero-order valence-electron chi connectivity index (χ0n) is 9.56. The molecule has 0 fully saturated rings. The number of nitrogens with zero attached hydrogens (tertiary/aromatic N) is 4. The minimum atomic E-state index is 0.471. The van der Waals surface area contributed by atoms with E-state index in [9.17, 15) is 0 Å². The predicted molar refractivity (Wildman–Crippen MR) is 61.6 cm³/mol. The summed E-state index contributed by atoms with van der Waals surface area (Å²) in [6.45, 7) is 6.65. The second kappa shape index (κ2) is 5.10. The molecule has 5 heteroatoms. The molecule has 0 saturated heterocycles. The molecule has 1 unspecified atom stereocenters. The Morgan fingerprint density at radius 3 is 3.31 bits per heavy atom. The van der Waals surface area contributed by atoms with Gasteiger partial charge in [0.1, 0.15) is 12.2 Å². The third kappa shape index (κ3) is 2.40. The van der Waals surface area contributed by atoms with E-state index in [1.54, 1.807) is 6.33 Å². The Kier molecular flexibility index (Phi) is 3.54. The first-order chi connectivity index (χ1) is 7.81. The maximum atomic E-state index is 5.19. The van der Waals surface area contributed by atoms with Gasteiger partial charge in [-0.15, -0.1) is 16.6 Å². The molecule has 1 N–H and O–H groups in total. The van der Waals surface area contributed by atoms with Gasteiger partial charge < -0.3 is 9.88 Å². The maximum Gasteiger partial charge on any atom is 0.147 e. The molecule has 0 aromatic carbocycles. The fraction of sp³-hybridized carbons (Fsp3) is 0.636. The molecule has 0 spiro atoms. The van der Waals surface area contributed by atoms with E-state index in [1.165, 1.54) is 0 Å². The molecule has 5 nitrogen and oxygen atoms in total. The second-order valence-corrected chi connectivity index (χ2v) is 4.10. The Labute approximate surface area is 95.8 Å². The van der Waals surface area contributed by atoms with Gasteiger partial charge in [-0.3, -0.25) is 4.90 Å². The first kappa shape index (κ1) is 11.1. The summed E-state index contributed by atoms with van der Waals surface area (Å²) in [5, 5.41) is 11.3. The lowest BCUT2D eigenvalue weighted by Gasteiger charge is -2.32. The fourth-order valence-electron chi connectivity index (χ4n) is 1.94. The highest BCUT2D eigenvalue weighted by molar-refractivity contribution is 4.92. The van der Waals surface area contributed by atoms with E-state index < -0.39 is 0 Å². The molecule has 1 aromatic heterocycles. The van der Waals surface area contributed by atoms with Gasteiger partial charge in [-0.2, -0.15) is 0 Å². The van der Waals surface area contributed by atoms with Crippen LogP contribution in [0.25, 0.3) is 0 Å². The van der Waals surface area contributed by atoms with Crippen molar-refractivity contribution in [2.75, 3.05) is 19.6 Å². The monoisotopic (exact) mass is 219 g/mol. The summed E-state index contributed by atoms with van der Waals surface area (Å²) in [6.07, 6.45) is 6.99. The zero-order valence-corrected chi connectivity index (χ0v) is 9.56. The van der Waals surface area contributed by atoms with Gasteiger partial charge in [0.2, 0.25) is 0 Å². The molecule has 1 atom stereocenters. The number of hydrogen-bond donors (Lipinski definition) is 1. The SMILES string of the molecule is C#CCNCC(C)N1CCn2cnnc2C1. The topological polar surface area (TPSA) is 46.0 Å². The van der Waals surface area contributed by atoms with Gasteiger partial charge in [0, 0.05) is 25.7 Å². The zero-order chi connectivity index (χ0) is 11.4. The van der Waals surface area contributed by atoms with E-state index in [0.29, 0.717) is 12.6 Å². The standard InChI is InChI=1S/C11H17N5/c1-3-4-12-7-10(2)15-5-6-16-9-13-14-11(16)8-15/h1,9-10,12H,4-8H2,2H3. The van der Waals surface area contributed by atoms with Crippen molar-refractivity contribution in [3.63, 3.8) is 0 Å². The van der Waals surface area contributed by atoms with Gasteiger partial charge >= 0.3 is 0 Å². The Bertz CT molecular complexity index is 378. The van der Waals surface area contributed by atoms with Crippen LogP contribution in [0, 0.1) is 12.3 Å². The summed E-state index contributed by atoms with van der Waals surface area (Å²) in [7, 11) is 0. The van der Waals surface area contributed by atoms with Crippen LogP contribution in [0.3, 0.4) is 0 Å². The summed E-state index contributed by atoms with van der Waals surface area (Å²) < 4.78 is 2.11. The highest BCUT2D eigenvalue weighted by atomic mass is 15.3. The lowest BCUT2D eigenvalue weighted by atomic mass is 10.2. The molecule has 0 aliphatic carbocycles. The largest absolute Gasteiger partial charge is 0.315 e. The molecular weight excluding hydrogens is 202 g/mol. The van der Waals surface area contributed by atoms with Crippen molar-refractivity contribution in [1.29, 1.82) is 0 Å². The summed E-state index contributed by atoms with van der Waals surface area (Å²) in [5.41, 5.74) is 0. The molecule has 1 aliphatic rings. The van der Waals surface area contributed by atoms with Crippen molar-refractivity contribution >= 4 is 0 Å². The lowest BCUT2D eigenvalue weighted by Crippen LogP contribution is -2.44. The Hall–Kier alpha value is -1.38. The average Bonchev–Trinajstić information content (AvgIpc) is 2.76. The van der Waals surface area contributed by atoms with E-state index >= 15 is 0 Å². The molecule has 16 heavy (non-hydrogen) atoms. The average molecular weight is 219 g/mol. The molecule has 0 bridgehead atoms. The van der Waals surface area contributed by atoms with E-state index in [4.69, 9.17) is 6.42 Å². The van der Waals surface area contributed by atoms with E-state index in [-0.39, 0.29) is 0 Å². The van der Waals surface area contributed by atoms with E-state index in [1.807, 2.05) is 0 Å². The number of aromatic nitrogens is 3. The van der Waals surface area contributed by atoms with Gasteiger partial charge in [-0.25, -0.2) is 0 Å². The molecule has 0 amide bonds. The van der Waals surface area contributed by atoms with Crippen LogP contribution in [0.15, 0.2) is 6.33 Å². The third-order valence-corrected chi connectivity index (χ3v) is 2.96. The van der Waals surface area contributed by atoms with Crippen molar-refractivity contribution in [1.82, 2.24) is 25.0 Å². The van der Waals surface area contributed by atoms with Crippen LogP contribution in [0.4, 0.5) is 0 Å². The predicted octanol–water partition coefficient (Wildman–Crippen LogP) is -0.295. The summed E-state index contributed by atoms with van der Waals surface area (Å²) in [5.74, 6) is 3.63. The summed E-state index contributed by atoms with van der Waals surface area (Å²) >= 11 is 0. The Morgan fingerprint density at radius 2 is 2.50 bits per heavy atom. The van der Waals surface area contributed by atoms with Crippen LogP contribution < -0.4 is 5.32 Å². The minimum absolute atomic E-state index is 0.471. The molecule has 0 saturated carbocycles. The first-order valence-corrected chi connectivity index (χ1v) is 5.56. The Morgan fingerprint density at radius 1 is 1.62 bits per heavy atom. The van der Waals surface area contributed by atoms with Crippen molar-refractivity contribution in [3.8, 4) is 12.3 Å². The van der Waals surface area contributed by atoms with Crippen LogP contribution in [-0.4, -0.2) is 45.3 Å². The van der Waals surface area contributed by atoms with Crippen LogP contribution in [0.1, 0.15) is 12.7 Å². The molecule has 1 aliphatic heterocycles. The lowest BCUT2D eigenvalue weighted by molar-refractivity contribution is 0.161. The number of fused-ring (bicyclic) bond motifs is 1. The van der Waals surface area contributed by atoms with E-state index in [0.717, 1.165) is 32.0 Å². The van der Waals surface area contributed by atoms with Gasteiger partial charge in [-0.1, -0.05) is 5.92 Å². The summed E-state index contributed by atoms with van der Waals surface area (Å²) in [6, 6.07) is 0.471. The number of rotatable bonds is 4. The number of terminal acetylenes is 1. The second-order valence-electron chi connectivity index (χ2n) is 4.10. The normalized spacial score (nSPS) is 17.8. The van der Waals surface area contributed by atoms with Crippen LogP contribution in [-0.2, 0) is 13.1 Å². The Balaban J connectivity index is 1.86. The van der Waals surface area contributed by atoms with Crippen molar-refractivity contribution in [2.45, 2.75) is 26.1 Å². The van der Waals surface area contributed by atoms with Crippen LogP contribution in [0.2, 0.25) is 0 Å². The smallest absolute Gasteiger partial charge is 0.147 e. The number of hydrogen-bond acceptors (Lipinski definition) is 4. The molecule has 86 valence electrons. The quantitative estimate of drug-likeness (QED) is 0.558. The highest BCUT2D eigenvalue weighted by Gasteiger charge is 2.21. The fourth-order valence-corrected chi connectivity index (χ4v) is 1.94. The molecule has 2 heterocycles. The maximum absolute atomic E-state index is 5.19. The van der Waals surface area contributed by atoms with Gasteiger partial charge in [0.25, 0.3) is 0 Å². The van der Waals surface area contributed by atoms with E-state index in [2.05, 4.69) is 37.8 Å². The third-order valence-electron chi connectivity index (χ3n) is 2.96.